The Hall–Kier alpha value is -2.10. The molecule has 2 fully saturated rings. The monoisotopic (exact) mass is 418 g/mol. The molecule has 2 amide bonds. The second-order valence-electron chi connectivity index (χ2n) is 7.64. The fraction of sp³-hybridized carbons (Fsp3) is 0.556. The molecular weight excluding hydrogens is 397 g/mol. The first-order valence-electron chi connectivity index (χ1n) is 8.95. The van der Waals surface area contributed by atoms with Crippen LogP contribution in [-0.4, -0.2) is 43.5 Å². The second-order valence-corrected chi connectivity index (χ2v) is 9.60. The van der Waals surface area contributed by atoms with Crippen LogP contribution < -0.4 is 4.72 Å². The molecule has 1 heterocycles. The molecule has 1 aliphatic heterocycles. The average molecular weight is 418 g/mol. The van der Waals surface area contributed by atoms with Crippen molar-refractivity contribution in [2.24, 2.45) is 5.41 Å². The molecule has 1 saturated heterocycles. The summed E-state index contributed by atoms with van der Waals surface area (Å²) in [7, 11) is -3.69. The number of hydrogen-bond donors (Lipinski definition) is 1. The van der Waals surface area contributed by atoms with Crippen molar-refractivity contribution >= 4 is 21.8 Å². The largest absolute Gasteiger partial charge is 0.416 e. The van der Waals surface area contributed by atoms with E-state index in [9.17, 15) is 31.2 Å². The highest BCUT2D eigenvalue weighted by molar-refractivity contribution is 7.90. The van der Waals surface area contributed by atoms with Crippen LogP contribution in [0.4, 0.5) is 13.2 Å². The number of sulfonamides is 1. The van der Waals surface area contributed by atoms with Crippen LogP contribution in [0.15, 0.2) is 24.3 Å². The number of amides is 2. The number of benzene rings is 1. The Kier molecular flexibility index (Phi) is 5.20. The Balaban J connectivity index is 1.71. The molecular formula is C18H21F3N2O4S. The Labute approximate surface area is 161 Å². The predicted molar refractivity (Wildman–Crippen MR) is 94.8 cm³/mol. The van der Waals surface area contributed by atoms with E-state index in [1.165, 1.54) is 4.90 Å². The summed E-state index contributed by atoms with van der Waals surface area (Å²) in [6.45, 7) is 1.94. The quantitative estimate of drug-likeness (QED) is 0.815. The number of rotatable bonds is 4. The van der Waals surface area contributed by atoms with Gasteiger partial charge in [0.15, 0.2) is 0 Å². The van der Waals surface area contributed by atoms with Crippen molar-refractivity contribution in [1.82, 2.24) is 9.62 Å². The summed E-state index contributed by atoms with van der Waals surface area (Å²) in [4.78, 5) is 26.6. The smallest absolute Gasteiger partial charge is 0.338 e. The molecule has 1 aromatic carbocycles. The fourth-order valence-electron chi connectivity index (χ4n) is 3.30. The number of nitrogens with zero attached hydrogens (tertiary/aromatic N) is 1. The highest BCUT2D eigenvalue weighted by Gasteiger charge is 2.44. The lowest BCUT2D eigenvalue weighted by Crippen LogP contribution is -2.53. The number of likely N-dealkylation sites (tertiary alicyclic amines) is 1. The van der Waals surface area contributed by atoms with E-state index in [0.29, 0.717) is 32.2 Å². The van der Waals surface area contributed by atoms with Gasteiger partial charge in [-0.3, -0.25) is 14.3 Å². The number of nitrogens with one attached hydrogen (secondary N) is 1. The van der Waals surface area contributed by atoms with Crippen LogP contribution >= 0.6 is 0 Å². The summed E-state index contributed by atoms with van der Waals surface area (Å²) < 4.78 is 64.2. The summed E-state index contributed by atoms with van der Waals surface area (Å²) in [6, 6.07) is 3.89. The SMILES string of the molecule is CC1(C(=O)NS(=O)(=O)C2CC2)CCCN(C(=O)c2ccc(C(F)(F)F)cc2)C1. The summed E-state index contributed by atoms with van der Waals surface area (Å²) in [5.41, 5.74) is -1.85. The first-order chi connectivity index (χ1) is 12.9. The van der Waals surface area contributed by atoms with Crippen LogP contribution in [0.1, 0.15) is 48.5 Å². The lowest BCUT2D eigenvalue weighted by Gasteiger charge is -2.39. The van der Waals surface area contributed by atoms with E-state index in [-0.39, 0.29) is 12.1 Å². The molecule has 0 spiro atoms. The maximum Gasteiger partial charge on any atom is 0.416 e. The van der Waals surface area contributed by atoms with Crippen molar-refractivity contribution in [3.63, 3.8) is 0 Å². The predicted octanol–water partition coefficient (Wildman–Crippen LogP) is 2.56. The van der Waals surface area contributed by atoms with Crippen molar-refractivity contribution in [1.29, 1.82) is 0 Å². The molecule has 1 unspecified atom stereocenters. The topological polar surface area (TPSA) is 83.6 Å². The van der Waals surface area contributed by atoms with Gasteiger partial charge in [-0.25, -0.2) is 8.42 Å². The molecule has 0 bridgehead atoms. The lowest BCUT2D eigenvalue weighted by molar-refractivity contribution is -0.137. The standard InChI is InChI=1S/C18H21F3N2O4S/c1-17(16(25)22-28(26,27)14-7-8-14)9-2-10-23(11-17)15(24)12-3-5-13(6-4-12)18(19,20)21/h3-6,14H,2,7-11H2,1H3,(H,22,25). The molecule has 1 saturated carbocycles. The maximum absolute atomic E-state index is 12.7. The fourth-order valence-corrected chi connectivity index (χ4v) is 4.72. The number of carbonyl (C=O) groups is 2. The third-order valence-electron chi connectivity index (χ3n) is 5.19. The van der Waals surface area contributed by atoms with Gasteiger partial charge in [0, 0.05) is 18.7 Å². The molecule has 1 atom stereocenters. The van der Waals surface area contributed by atoms with E-state index >= 15 is 0 Å². The number of hydrogen-bond acceptors (Lipinski definition) is 4. The third kappa shape index (κ3) is 4.31. The number of alkyl halides is 3. The van der Waals surface area contributed by atoms with E-state index in [0.717, 1.165) is 24.3 Å². The third-order valence-corrected chi connectivity index (χ3v) is 7.01. The van der Waals surface area contributed by atoms with Crippen molar-refractivity contribution in [3.05, 3.63) is 35.4 Å². The molecule has 2 aliphatic rings. The van der Waals surface area contributed by atoms with Crippen molar-refractivity contribution in [3.8, 4) is 0 Å². The van der Waals surface area contributed by atoms with E-state index < -0.39 is 44.2 Å². The molecule has 154 valence electrons. The molecule has 3 rings (SSSR count). The van der Waals surface area contributed by atoms with Crippen molar-refractivity contribution in [2.45, 2.75) is 44.0 Å². The Morgan fingerprint density at radius 3 is 2.32 bits per heavy atom. The number of carbonyl (C=O) groups excluding carboxylic acids is 2. The first kappa shape index (κ1) is 20.6. The minimum Gasteiger partial charge on any atom is -0.338 e. The molecule has 0 aromatic heterocycles. The van der Waals surface area contributed by atoms with Gasteiger partial charge in [-0.05, 0) is 56.9 Å². The zero-order chi connectivity index (χ0) is 20.7. The van der Waals surface area contributed by atoms with E-state index in [1.54, 1.807) is 6.92 Å². The zero-order valence-electron chi connectivity index (χ0n) is 15.3. The van der Waals surface area contributed by atoms with Crippen LogP contribution in [0.3, 0.4) is 0 Å². The first-order valence-corrected chi connectivity index (χ1v) is 10.5. The van der Waals surface area contributed by atoms with Crippen LogP contribution in [0, 0.1) is 5.41 Å². The summed E-state index contributed by atoms with van der Waals surface area (Å²) in [5, 5.41) is -0.534. The van der Waals surface area contributed by atoms with E-state index in [2.05, 4.69) is 4.72 Å². The van der Waals surface area contributed by atoms with Gasteiger partial charge in [0.05, 0.1) is 16.2 Å². The Morgan fingerprint density at radius 2 is 1.79 bits per heavy atom. The molecule has 6 nitrogen and oxygen atoms in total. The normalized spacial score (nSPS) is 23.4. The minimum absolute atomic E-state index is 0.00112. The van der Waals surface area contributed by atoms with Crippen molar-refractivity contribution in [2.75, 3.05) is 13.1 Å². The Bertz CT molecular complexity index is 879. The van der Waals surface area contributed by atoms with Crippen LogP contribution in [0.2, 0.25) is 0 Å². The molecule has 0 radical (unpaired) electrons. The lowest BCUT2D eigenvalue weighted by atomic mass is 9.81. The van der Waals surface area contributed by atoms with Gasteiger partial charge in [0.1, 0.15) is 0 Å². The molecule has 28 heavy (non-hydrogen) atoms. The van der Waals surface area contributed by atoms with Crippen LogP contribution in [-0.2, 0) is 21.0 Å². The van der Waals surface area contributed by atoms with Gasteiger partial charge in [0.25, 0.3) is 5.91 Å². The van der Waals surface area contributed by atoms with Crippen LogP contribution in [0.5, 0.6) is 0 Å². The van der Waals surface area contributed by atoms with Gasteiger partial charge in [-0.15, -0.1) is 0 Å². The molecule has 10 heteroatoms. The number of piperidine rings is 1. The highest BCUT2D eigenvalue weighted by Crippen LogP contribution is 2.33. The molecule has 1 N–H and O–H groups in total. The van der Waals surface area contributed by atoms with Gasteiger partial charge in [-0.2, -0.15) is 13.2 Å². The maximum atomic E-state index is 12.7. The summed E-state index contributed by atoms with van der Waals surface area (Å²) in [5.74, 6) is -1.14. The molecule has 1 aliphatic carbocycles. The summed E-state index contributed by atoms with van der Waals surface area (Å²) >= 11 is 0. The van der Waals surface area contributed by atoms with Crippen molar-refractivity contribution < 1.29 is 31.2 Å². The Morgan fingerprint density at radius 1 is 1.18 bits per heavy atom. The minimum atomic E-state index is -4.49. The average Bonchev–Trinajstić information content (AvgIpc) is 3.46. The second kappa shape index (κ2) is 7.06. The van der Waals surface area contributed by atoms with Gasteiger partial charge in [-0.1, -0.05) is 0 Å². The highest BCUT2D eigenvalue weighted by atomic mass is 32.2. The van der Waals surface area contributed by atoms with Gasteiger partial charge < -0.3 is 4.90 Å². The van der Waals surface area contributed by atoms with Gasteiger partial charge in [0.2, 0.25) is 15.9 Å². The summed E-state index contributed by atoms with van der Waals surface area (Å²) in [6.07, 6.45) is -2.54. The van der Waals surface area contributed by atoms with E-state index in [1.807, 2.05) is 0 Å². The molecule has 1 aromatic rings. The zero-order valence-corrected chi connectivity index (χ0v) is 16.1. The number of halogens is 3. The van der Waals surface area contributed by atoms with Gasteiger partial charge >= 0.3 is 6.18 Å². The van der Waals surface area contributed by atoms with Crippen LogP contribution in [0.25, 0.3) is 0 Å². The van der Waals surface area contributed by atoms with E-state index in [4.69, 9.17) is 0 Å².